The standard InChI is InChI=1S/C13H22N4/c1-2-5-16-6-8-17(9-7-16)11-3-4-12(14)13(15)10-11/h3-4,10H,2,5-9,14-15H2,1H3. The van der Waals surface area contributed by atoms with E-state index in [2.05, 4.69) is 22.8 Å². The van der Waals surface area contributed by atoms with Crippen molar-refractivity contribution in [1.82, 2.24) is 4.90 Å². The minimum absolute atomic E-state index is 0.665. The smallest absolute Gasteiger partial charge is 0.0568 e. The lowest BCUT2D eigenvalue weighted by Gasteiger charge is -2.36. The van der Waals surface area contributed by atoms with E-state index in [-0.39, 0.29) is 0 Å². The van der Waals surface area contributed by atoms with E-state index < -0.39 is 0 Å². The number of nitrogens with zero attached hydrogens (tertiary/aromatic N) is 2. The molecular formula is C13H22N4. The number of nitrogens with two attached hydrogens (primary N) is 2. The lowest BCUT2D eigenvalue weighted by Crippen LogP contribution is -2.46. The summed E-state index contributed by atoms with van der Waals surface area (Å²) in [6, 6.07) is 5.93. The third kappa shape index (κ3) is 2.82. The van der Waals surface area contributed by atoms with Crippen molar-refractivity contribution < 1.29 is 0 Å². The summed E-state index contributed by atoms with van der Waals surface area (Å²) < 4.78 is 0. The van der Waals surface area contributed by atoms with Crippen LogP contribution in [-0.2, 0) is 0 Å². The Morgan fingerprint density at radius 2 is 1.76 bits per heavy atom. The van der Waals surface area contributed by atoms with Gasteiger partial charge in [-0.25, -0.2) is 0 Å². The fraction of sp³-hybridized carbons (Fsp3) is 0.538. The van der Waals surface area contributed by atoms with E-state index in [1.807, 2.05) is 12.1 Å². The van der Waals surface area contributed by atoms with Gasteiger partial charge in [0.2, 0.25) is 0 Å². The van der Waals surface area contributed by atoms with Gasteiger partial charge in [0.1, 0.15) is 0 Å². The second kappa shape index (κ2) is 5.27. The van der Waals surface area contributed by atoms with Crippen LogP contribution in [0.3, 0.4) is 0 Å². The number of hydrogen-bond donors (Lipinski definition) is 2. The highest BCUT2D eigenvalue weighted by Gasteiger charge is 2.16. The molecule has 1 aliphatic rings. The molecule has 1 heterocycles. The third-order valence-corrected chi connectivity index (χ3v) is 3.35. The van der Waals surface area contributed by atoms with Crippen LogP contribution in [0, 0.1) is 0 Å². The molecule has 0 bridgehead atoms. The minimum Gasteiger partial charge on any atom is -0.397 e. The van der Waals surface area contributed by atoms with Gasteiger partial charge >= 0.3 is 0 Å². The van der Waals surface area contributed by atoms with Crippen LogP contribution in [0.15, 0.2) is 18.2 Å². The minimum atomic E-state index is 0.665. The molecule has 1 aliphatic heterocycles. The molecular weight excluding hydrogens is 212 g/mol. The van der Waals surface area contributed by atoms with Gasteiger partial charge in [0.05, 0.1) is 11.4 Å². The maximum absolute atomic E-state index is 5.84. The van der Waals surface area contributed by atoms with Crippen molar-refractivity contribution in [1.29, 1.82) is 0 Å². The monoisotopic (exact) mass is 234 g/mol. The molecule has 0 aromatic heterocycles. The summed E-state index contributed by atoms with van der Waals surface area (Å²) in [5, 5.41) is 0. The molecule has 0 atom stereocenters. The van der Waals surface area contributed by atoms with E-state index in [0.29, 0.717) is 11.4 Å². The van der Waals surface area contributed by atoms with Crippen molar-refractivity contribution >= 4 is 17.1 Å². The van der Waals surface area contributed by atoms with Crippen LogP contribution in [0.4, 0.5) is 17.1 Å². The Kier molecular flexibility index (Phi) is 3.74. The molecule has 0 aliphatic carbocycles. The Hall–Kier alpha value is -1.42. The maximum Gasteiger partial charge on any atom is 0.0568 e. The molecule has 1 aromatic rings. The van der Waals surface area contributed by atoms with Crippen LogP contribution in [0.25, 0.3) is 0 Å². The summed E-state index contributed by atoms with van der Waals surface area (Å²) in [7, 11) is 0. The Morgan fingerprint density at radius 1 is 1.06 bits per heavy atom. The second-order valence-electron chi connectivity index (χ2n) is 4.64. The first-order chi connectivity index (χ1) is 8.20. The molecule has 4 heteroatoms. The predicted molar refractivity (Wildman–Crippen MR) is 74.2 cm³/mol. The van der Waals surface area contributed by atoms with Gasteiger partial charge in [-0.3, -0.25) is 4.90 Å². The number of piperazine rings is 1. The third-order valence-electron chi connectivity index (χ3n) is 3.35. The molecule has 94 valence electrons. The molecule has 2 rings (SSSR count). The van der Waals surface area contributed by atoms with Crippen LogP contribution in [0.5, 0.6) is 0 Å². The Labute approximate surface area is 103 Å². The zero-order valence-electron chi connectivity index (χ0n) is 10.5. The lowest BCUT2D eigenvalue weighted by atomic mass is 10.2. The second-order valence-corrected chi connectivity index (χ2v) is 4.64. The number of benzene rings is 1. The number of hydrogen-bond acceptors (Lipinski definition) is 4. The molecule has 1 fully saturated rings. The summed E-state index contributed by atoms with van der Waals surface area (Å²) in [5.74, 6) is 0. The zero-order valence-corrected chi connectivity index (χ0v) is 10.5. The van der Waals surface area contributed by atoms with Crippen LogP contribution in [0.2, 0.25) is 0 Å². The molecule has 0 saturated carbocycles. The summed E-state index contributed by atoms with van der Waals surface area (Å²) >= 11 is 0. The SMILES string of the molecule is CCCN1CCN(c2ccc(N)c(N)c2)CC1. The van der Waals surface area contributed by atoms with Gasteiger partial charge in [0.25, 0.3) is 0 Å². The van der Waals surface area contributed by atoms with Crippen molar-refractivity contribution in [2.24, 2.45) is 0 Å². The number of anilines is 3. The lowest BCUT2D eigenvalue weighted by molar-refractivity contribution is 0.258. The summed E-state index contributed by atoms with van der Waals surface area (Å²) in [5.41, 5.74) is 14.1. The van der Waals surface area contributed by atoms with Gasteiger partial charge in [-0.1, -0.05) is 6.92 Å². The summed E-state index contributed by atoms with van der Waals surface area (Å²) in [6.07, 6.45) is 1.23. The maximum atomic E-state index is 5.84. The predicted octanol–water partition coefficient (Wildman–Crippen LogP) is 1.38. The molecule has 17 heavy (non-hydrogen) atoms. The summed E-state index contributed by atoms with van der Waals surface area (Å²) in [6.45, 7) is 7.85. The largest absolute Gasteiger partial charge is 0.397 e. The van der Waals surface area contributed by atoms with E-state index in [1.54, 1.807) is 0 Å². The Morgan fingerprint density at radius 3 is 2.35 bits per heavy atom. The zero-order chi connectivity index (χ0) is 12.3. The van der Waals surface area contributed by atoms with Gasteiger partial charge in [-0.05, 0) is 31.2 Å². The number of nitrogen functional groups attached to an aromatic ring is 2. The van der Waals surface area contributed by atoms with Crippen LogP contribution < -0.4 is 16.4 Å². The van der Waals surface area contributed by atoms with Crippen LogP contribution in [0.1, 0.15) is 13.3 Å². The van der Waals surface area contributed by atoms with Crippen molar-refractivity contribution in [2.45, 2.75) is 13.3 Å². The average molecular weight is 234 g/mol. The fourth-order valence-corrected chi connectivity index (χ4v) is 2.30. The number of rotatable bonds is 3. The van der Waals surface area contributed by atoms with E-state index >= 15 is 0 Å². The molecule has 0 spiro atoms. The van der Waals surface area contributed by atoms with E-state index in [9.17, 15) is 0 Å². The van der Waals surface area contributed by atoms with Gasteiger partial charge in [-0.2, -0.15) is 0 Å². The van der Waals surface area contributed by atoms with Crippen LogP contribution in [-0.4, -0.2) is 37.6 Å². The first-order valence-corrected chi connectivity index (χ1v) is 6.33. The van der Waals surface area contributed by atoms with Gasteiger partial charge in [-0.15, -0.1) is 0 Å². The Bertz CT molecular complexity index is 370. The Balaban J connectivity index is 1.98. The van der Waals surface area contributed by atoms with Crippen LogP contribution >= 0.6 is 0 Å². The van der Waals surface area contributed by atoms with Crippen molar-refractivity contribution in [3.63, 3.8) is 0 Å². The molecule has 0 radical (unpaired) electrons. The topological polar surface area (TPSA) is 58.5 Å². The quantitative estimate of drug-likeness (QED) is 0.776. The first kappa shape index (κ1) is 12.0. The first-order valence-electron chi connectivity index (χ1n) is 6.33. The van der Waals surface area contributed by atoms with Crippen molar-refractivity contribution in [3.05, 3.63) is 18.2 Å². The van der Waals surface area contributed by atoms with E-state index in [1.165, 1.54) is 18.7 Å². The molecule has 4 N–H and O–H groups in total. The normalized spacial score (nSPS) is 17.4. The average Bonchev–Trinajstić information content (AvgIpc) is 2.34. The molecule has 1 saturated heterocycles. The highest BCUT2D eigenvalue weighted by atomic mass is 15.3. The van der Waals surface area contributed by atoms with E-state index in [0.717, 1.165) is 26.2 Å². The fourth-order valence-electron chi connectivity index (χ4n) is 2.30. The van der Waals surface area contributed by atoms with Crippen molar-refractivity contribution in [2.75, 3.05) is 49.1 Å². The molecule has 1 aromatic carbocycles. The highest BCUT2D eigenvalue weighted by Crippen LogP contribution is 2.23. The van der Waals surface area contributed by atoms with Gasteiger partial charge in [0.15, 0.2) is 0 Å². The molecule has 0 unspecified atom stereocenters. The molecule has 4 nitrogen and oxygen atoms in total. The van der Waals surface area contributed by atoms with Crippen molar-refractivity contribution in [3.8, 4) is 0 Å². The van der Waals surface area contributed by atoms with E-state index in [4.69, 9.17) is 11.5 Å². The molecule has 0 amide bonds. The summed E-state index contributed by atoms with van der Waals surface area (Å²) in [4.78, 5) is 4.89. The van der Waals surface area contributed by atoms with Gasteiger partial charge < -0.3 is 16.4 Å². The van der Waals surface area contributed by atoms with Gasteiger partial charge in [0, 0.05) is 31.9 Å². The highest BCUT2D eigenvalue weighted by molar-refractivity contribution is 5.69.